The van der Waals surface area contributed by atoms with Crippen LogP contribution in [0, 0.1) is 0 Å². The topological polar surface area (TPSA) is 25.8 Å². The van der Waals surface area contributed by atoms with E-state index in [0.717, 1.165) is 34.8 Å². The molecule has 0 aliphatic heterocycles. The van der Waals surface area contributed by atoms with Gasteiger partial charge in [-0.1, -0.05) is 23.7 Å². The number of thiophene rings is 1. The lowest BCUT2D eigenvalue weighted by atomic mass is 10.1. The van der Waals surface area contributed by atoms with Gasteiger partial charge in [0.1, 0.15) is 5.69 Å². The number of aryl methyl sites for hydroxylation is 1. The minimum Gasteiger partial charge on any atom is -0.242 e. The van der Waals surface area contributed by atoms with Gasteiger partial charge in [0.05, 0.1) is 16.3 Å². The largest absolute Gasteiger partial charge is 0.242 e. The first-order valence-corrected chi connectivity index (χ1v) is 6.37. The van der Waals surface area contributed by atoms with Crippen molar-refractivity contribution < 1.29 is 0 Å². The van der Waals surface area contributed by atoms with Gasteiger partial charge in [-0.3, -0.25) is 0 Å². The van der Waals surface area contributed by atoms with E-state index in [1.165, 1.54) is 0 Å². The number of halogens is 1. The lowest BCUT2D eigenvalue weighted by Crippen LogP contribution is -2.02. The summed E-state index contributed by atoms with van der Waals surface area (Å²) in [5.74, 6) is 0. The van der Waals surface area contributed by atoms with Gasteiger partial charge in [0.25, 0.3) is 0 Å². The highest BCUT2D eigenvalue weighted by Crippen LogP contribution is 2.30. The summed E-state index contributed by atoms with van der Waals surface area (Å²) >= 11 is 7.79. The van der Waals surface area contributed by atoms with Crippen molar-refractivity contribution in [2.75, 3.05) is 0 Å². The van der Waals surface area contributed by atoms with Crippen LogP contribution in [0.3, 0.4) is 0 Å². The van der Waals surface area contributed by atoms with Crippen molar-refractivity contribution in [2.45, 2.75) is 12.8 Å². The van der Waals surface area contributed by atoms with Crippen LogP contribution in [0.4, 0.5) is 0 Å². The first kappa shape index (κ1) is 10.00. The third kappa shape index (κ3) is 1.66. The molecule has 0 bridgehead atoms. The van der Waals surface area contributed by atoms with Crippen LogP contribution in [0.2, 0.25) is 5.15 Å². The molecule has 2 aromatic rings. The van der Waals surface area contributed by atoms with Gasteiger partial charge in [0.2, 0.25) is 0 Å². The molecule has 0 amide bonds. The quantitative estimate of drug-likeness (QED) is 0.767. The van der Waals surface area contributed by atoms with E-state index in [4.69, 9.17) is 11.6 Å². The van der Waals surface area contributed by atoms with Crippen molar-refractivity contribution in [2.24, 2.45) is 0 Å². The van der Waals surface area contributed by atoms with Gasteiger partial charge in [-0.15, -0.1) is 11.3 Å². The van der Waals surface area contributed by atoms with Crippen LogP contribution in [0.5, 0.6) is 0 Å². The molecule has 0 atom stereocenters. The van der Waals surface area contributed by atoms with E-state index in [2.05, 4.69) is 16.0 Å². The number of allylic oxidation sites excluding steroid dienone is 1. The zero-order valence-electron chi connectivity index (χ0n) is 8.48. The maximum atomic E-state index is 6.16. The van der Waals surface area contributed by atoms with Crippen molar-refractivity contribution in [3.8, 4) is 10.6 Å². The summed E-state index contributed by atoms with van der Waals surface area (Å²) in [5, 5.41) is 2.53. The summed E-state index contributed by atoms with van der Waals surface area (Å²) in [6.45, 7) is 0. The predicted molar refractivity (Wildman–Crippen MR) is 67.7 cm³/mol. The Labute approximate surface area is 103 Å². The van der Waals surface area contributed by atoms with Gasteiger partial charge in [0.15, 0.2) is 5.15 Å². The highest BCUT2D eigenvalue weighted by atomic mass is 35.5. The van der Waals surface area contributed by atoms with E-state index in [-0.39, 0.29) is 0 Å². The maximum Gasteiger partial charge on any atom is 0.156 e. The van der Waals surface area contributed by atoms with Crippen molar-refractivity contribution in [3.63, 3.8) is 0 Å². The molecular weight excluding hydrogens is 240 g/mol. The molecule has 1 aliphatic rings. The van der Waals surface area contributed by atoms with Crippen molar-refractivity contribution >= 4 is 29.0 Å². The monoisotopic (exact) mass is 248 g/mol. The fraction of sp³-hybridized carbons (Fsp3) is 0.167. The van der Waals surface area contributed by atoms with Gasteiger partial charge in [-0.2, -0.15) is 0 Å². The second kappa shape index (κ2) is 4.00. The summed E-state index contributed by atoms with van der Waals surface area (Å²) < 4.78 is 0. The Hall–Kier alpha value is -1.19. The van der Waals surface area contributed by atoms with Crippen LogP contribution >= 0.6 is 22.9 Å². The Morgan fingerprint density at radius 3 is 3.06 bits per heavy atom. The standard InChI is InChI=1S/C12H9ClN2S/c13-12-11(10-6-3-7-16-10)14-8-4-1-2-5-9(8)15-12/h1,3-4,6-7H,2,5H2. The number of fused-ring (bicyclic) bond motifs is 1. The van der Waals surface area contributed by atoms with Crippen LogP contribution in [0.25, 0.3) is 16.6 Å². The number of hydrogen-bond donors (Lipinski definition) is 0. The molecule has 1 aliphatic carbocycles. The summed E-state index contributed by atoms with van der Waals surface area (Å²) in [6.07, 6.45) is 6.11. The van der Waals surface area contributed by atoms with Crippen molar-refractivity contribution in [1.29, 1.82) is 0 Å². The van der Waals surface area contributed by atoms with E-state index in [1.54, 1.807) is 11.3 Å². The molecule has 2 heterocycles. The van der Waals surface area contributed by atoms with Crippen LogP contribution < -0.4 is 0 Å². The predicted octanol–water partition coefficient (Wildman–Crippen LogP) is 3.82. The molecule has 2 aromatic heterocycles. The molecule has 80 valence electrons. The van der Waals surface area contributed by atoms with Gasteiger partial charge in [-0.25, -0.2) is 9.97 Å². The molecule has 0 spiro atoms. The normalized spacial score (nSPS) is 13.8. The Morgan fingerprint density at radius 2 is 2.25 bits per heavy atom. The van der Waals surface area contributed by atoms with E-state index >= 15 is 0 Å². The molecule has 0 fully saturated rings. The second-order valence-electron chi connectivity index (χ2n) is 3.61. The third-order valence-corrected chi connectivity index (χ3v) is 3.67. The highest BCUT2D eigenvalue weighted by molar-refractivity contribution is 7.13. The molecule has 0 saturated heterocycles. The number of nitrogens with zero attached hydrogens (tertiary/aromatic N) is 2. The van der Waals surface area contributed by atoms with Gasteiger partial charge in [0, 0.05) is 0 Å². The fourth-order valence-electron chi connectivity index (χ4n) is 1.76. The molecule has 0 unspecified atom stereocenters. The Balaban J connectivity index is 2.17. The fourth-order valence-corrected chi connectivity index (χ4v) is 2.78. The molecule has 4 heteroatoms. The lowest BCUT2D eigenvalue weighted by molar-refractivity contribution is 0.905. The molecular formula is C12H9ClN2S. The van der Waals surface area contributed by atoms with Crippen LogP contribution in [0.15, 0.2) is 23.6 Å². The third-order valence-electron chi connectivity index (χ3n) is 2.53. The zero-order valence-corrected chi connectivity index (χ0v) is 10.1. The van der Waals surface area contributed by atoms with E-state index in [0.29, 0.717) is 5.15 Å². The van der Waals surface area contributed by atoms with Crippen LogP contribution in [0.1, 0.15) is 17.8 Å². The van der Waals surface area contributed by atoms with E-state index in [1.807, 2.05) is 23.6 Å². The Morgan fingerprint density at radius 1 is 1.31 bits per heavy atom. The molecule has 16 heavy (non-hydrogen) atoms. The molecule has 2 nitrogen and oxygen atoms in total. The SMILES string of the molecule is Clc1nc2c(nc1-c1cccs1)C=CCC2. The average Bonchev–Trinajstić information content (AvgIpc) is 2.81. The summed E-state index contributed by atoms with van der Waals surface area (Å²) in [7, 11) is 0. The summed E-state index contributed by atoms with van der Waals surface area (Å²) in [4.78, 5) is 10.1. The highest BCUT2D eigenvalue weighted by Gasteiger charge is 2.14. The molecule has 0 radical (unpaired) electrons. The number of aromatic nitrogens is 2. The second-order valence-corrected chi connectivity index (χ2v) is 4.92. The van der Waals surface area contributed by atoms with Crippen molar-refractivity contribution in [3.05, 3.63) is 40.1 Å². The zero-order chi connectivity index (χ0) is 11.0. The lowest BCUT2D eigenvalue weighted by Gasteiger charge is -2.10. The summed E-state index contributed by atoms with van der Waals surface area (Å²) in [5.41, 5.74) is 2.76. The molecule has 3 rings (SSSR count). The minimum absolute atomic E-state index is 0.511. The van der Waals surface area contributed by atoms with Gasteiger partial charge >= 0.3 is 0 Å². The minimum atomic E-state index is 0.511. The molecule has 0 saturated carbocycles. The van der Waals surface area contributed by atoms with Crippen molar-refractivity contribution in [1.82, 2.24) is 9.97 Å². The van der Waals surface area contributed by atoms with E-state index in [9.17, 15) is 0 Å². The Kier molecular flexibility index (Phi) is 2.50. The smallest absolute Gasteiger partial charge is 0.156 e. The molecule has 0 aromatic carbocycles. The summed E-state index contributed by atoms with van der Waals surface area (Å²) in [6, 6.07) is 4.01. The van der Waals surface area contributed by atoms with E-state index < -0.39 is 0 Å². The number of rotatable bonds is 1. The van der Waals surface area contributed by atoms with Gasteiger partial charge in [-0.05, 0) is 30.4 Å². The number of hydrogen-bond acceptors (Lipinski definition) is 3. The first-order chi connectivity index (χ1) is 7.84. The van der Waals surface area contributed by atoms with Crippen LogP contribution in [-0.2, 0) is 6.42 Å². The van der Waals surface area contributed by atoms with Crippen LogP contribution in [-0.4, -0.2) is 9.97 Å². The Bertz CT molecular complexity index is 546. The first-order valence-electron chi connectivity index (χ1n) is 5.11. The van der Waals surface area contributed by atoms with Gasteiger partial charge < -0.3 is 0 Å². The average molecular weight is 249 g/mol. The molecule has 0 N–H and O–H groups in total. The maximum absolute atomic E-state index is 6.16.